The van der Waals surface area contributed by atoms with Crippen LogP contribution in [0.4, 0.5) is 0 Å². The maximum atomic E-state index is 9.86. The Kier molecular flexibility index (Phi) is 5.07. The van der Waals surface area contributed by atoms with E-state index < -0.39 is 0 Å². The van der Waals surface area contributed by atoms with Gasteiger partial charge in [0.1, 0.15) is 0 Å². The second-order valence-corrected chi connectivity index (χ2v) is 8.77. The molecule has 168 valence electrons. The molecule has 0 bridgehead atoms. The molecule has 0 aliphatic rings. The van der Waals surface area contributed by atoms with Crippen molar-refractivity contribution in [1.29, 1.82) is 10.5 Å². The first-order valence-electron chi connectivity index (χ1n) is 11.7. The summed E-state index contributed by atoms with van der Waals surface area (Å²) in [6.07, 6.45) is 3.49. The lowest BCUT2D eigenvalue weighted by atomic mass is 9.97. The molecule has 0 unspecified atom stereocenters. The number of rotatable bonds is 3. The highest BCUT2D eigenvalue weighted by molar-refractivity contribution is 6.10. The molecule has 0 amide bonds. The number of benzene rings is 4. The van der Waals surface area contributed by atoms with E-state index in [-0.39, 0.29) is 0 Å². The molecule has 0 saturated heterocycles. The van der Waals surface area contributed by atoms with Gasteiger partial charge in [-0.25, -0.2) is 0 Å². The Morgan fingerprint density at radius 2 is 1.36 bits per heavy atom. The Bertz CT molecular complexity index is 1870. The number of para-hydroxylation sites is 1. The first kappa shape index (κ1) is 21.4. The summed E-state index contributed by atoms with van der Waals surface area (Å²) in [5.41, 5.74) is 9.27. The van der Waals surface area contributed by atoms with Gasteiger partial charge in [0.05, 0.1) is 34.3 Å². The van der Waals surface area contributed by atoms with Crippen LogP contribution in [0.2, 0.25) is 0 Å². The zero-order chi connectivity index (χ0) is 24.6. The molecule has 0 aliphatic heterocycles. The molecule has 0 radical (unpaired) electrons. The summed E-state index contributed by atoms with van der Waals surface area (Å²) in [6, 6.07) is 35.0. The van der Waals surface area contributed by atoms with Crippen molar-refractivity contribution in [2.75, 3.05) is 0 Å². The number of fused-ring (bicyclic) bond motifs is 3. The van der Waals surface area contributed by atoms with E-state index in [9.17, 15) is 10.5 Å². The highest BCUT2D eigenvalue weighted by Crippen LogP contribution is 2.38. The normalized spacial score (nSPS) is 10.9. The lowest BCUT2D eigenvalue weighted by Crippen LogP contribution is -1.99. The fourth-order valence-corrected chi connectivity index (χ4v) is 5.03. The van der Waals surface area contributed by atoms with Crippen molar-refractivity contribution in [2.45, 2.75) is 6.92 Å². The minimum absolute atomic E-state index is 0.638. The summed E-state index contributed by atoms with van der Waals surface area (Å²) in [5, 5.41) is 21.7. The van der Waals surface area contributed by atoms with Crippen LogP contribution in [0.25, 0.3) is 49.7 Å². The molecule has 0 spiro atoms. The van der Waals surface area contributed by atoms with E-state index in [0.717, 1.165) is 55.3 Å². The van der Waals surface area contributed by atoms with Gasteiger partial charge in [0.2, 0.25) is 0 Å². The van der Waals surface area contributed by atoms with E-state index in [4.69, 9.17) is 0 Å². The van der Waals surface area contributed by atoms with Gasteiger partial charge in [0.25, 0.3) is 0 Å². The molecular weight excluding hydrogens is 440 g/mol. The third-order valence-electron chi connectivity index (χ3n) is 6.72. The molecule has 0 atom stereocenters. The number of nitriles is 2. The Morgan fingerprint density at radius 1 is 0.639 bits per heavy atom. The largest absolute Gasteiger partial charge is 0.309 e. The van der Waals surface area contributed by atoms with Crippen LogP contribution in [-0.4, -0.2) is 9.55 Å². The summed E-state index contributed by atoms with van der Waals surface area (Å²) in [7, 11) is 0. The smallest absolute Gasteiger partial charge is 0.0998 e. The summed E-state index contributed by atoms with van der Waals surface area (Å²) in [4.78, 5) is 4.14. The fourth-order valence-electron chi connectivity index (χ4n) is 5.03. The van der Waals surface area contributed by atoms with Gasteiger partial charge in [-0.1, -0.05) is 42.5 Å². The Balaban J connectivity index is 1.66. The van der Waals surface area contributed by atoms with Gasteiger partial charge >= 0.3 is 0 Å². The van der Waals surface area contributed by atoms with Crippen molar-refractivity contribution >= 4 is 21.8 Å². The highest BCUT2D eigenvalue weighted by atomic mass is 15.0. The molecule has 4 heteroatoms. The molecule has 0 saturated carbocycles. The van der Waals surface area contributed by atoms with Crippen LogP contribution in [0, 0.1) is 29.6 Å². The Morgan fingerprint density at radius 3 is 2.17 bits per heavy atom. The highest BCUT2D eigenvalue weighted by Gasteiger charge is 2.17. The van der Waals surface area contributed by atoms with Crippen molar-refractivity contribution in [1.82, 2.24) is 9.55 Å². The van der Waals surface area contributed by atoms with E-state index in [2.05, 4.69) is 64.2 Å². The second kappa shape index (κ2) is 8.55. The molecule has 4 nitrogen and oxygen atoms in total. The van der Waals surface area contributed by atoms with E-state index in [0.29, 0.717) is 11.1 Å². The lowest BCUT2D eigenvalue weighted by Gasteiger charge is -2.15. The predicted octanol–water partition coefficient (Wildman–Crippen LogP) is 7.56. The Hall–Kier alpha value is -5.19. The minimum Gasteiger partial charge on any atom is -0.309 e. The maximum absolute atomic E-state index is 9.86. The topological polar surface area (TPSA) is 65.4 Å². The molecule has 6 rings (SSSR count). The number of aryl methyl sites for hydroxylation is 1. The number of aromatic nitrogens is 2. The number of pyridine rings is 1. The lowest BCUT2D eigenvalue weighted by molar-refractivity contribution is 1.15. The van der Waals surface area contributed by atoms with Gasteiger partial charge in [-0.05, 0) is 77.7 Å². The van der Waals surface area contributed by atoms with E-state index in [1.807, 2.05) is 55.5 Å². The van der Waals surface area contributed by atoms with Gasteiger partial charge in [-0.2, -0.15) is 10.5 Å². The average molecular weight is 461 g/mol. The van der Waals surface area contributed by atoms with Crippen molar-refractivity contribution in [3.63, 3.8) is 0 Å². The molecule has 0 aliphatic carbocycles. The van der Waals surface area contributed by atoms with Crippen LogP contribution in [0.15, 0.2) is 103 Å². The molecular formula is C32H20N4. The molecule has 2 heterocycles. The molecule has 4 aromatic carbocycles. The van der Waals surface area contributed by atoms with Crippen LogP contribution in [-0.2, 0) is 0 Å². The van der Waals surface area contributed by atoms with Crippen LogP contribution in [0.3, 0.4) is 0 Å². The SMILES string of the molecule is Cc1cc(C#N)c(-c2ccncc2)cc1-n1c2ccccc2c2cc(-c3ccccc3C#N)ccc21. The summed E-state index contributed by atoms with van der Waals surface area (Å²) < 4.78 is 2.27. The summed E-state index contributed by atoms with van der Waals surface area (Å²) >= 11 is 0. The average Bonchev–Trinajstić information content (AvgIpc) is 3.27. The van der Waals surface area contributed by atoms with Crippen molar-refractivity contribution in [3.8, 4) is 40.1 Å². The molecule has 0 N–H and O–H groups in total. The van der Waals surface area contributed by atoms with Crippen LogP contribution in [0.1, 0.15) is 16.7 Å². The van der Waals surface area contributed by atoms with Crippen LogP contribution in [0.5, 0.6) is 0 Å². The fraction of sp³-hybridized carbons (Fsp3) is 0.0312. The second-order valence-electron chi connectivity index (χ2n) is 8.77. The molecule has 2 aromatic heterocycles. The molecule has 0 fully saturated rings. The van der Waals surface area contributed by atoms with Gasteiger partial charge in [0.15, 0.2) is 0 Å². The summed E-state index contributed by atoms with van der Waals surface area (Å²) in [5.74, 6) is 0. The van der Waals surface area contributed by atoms with E-state index in [1.165, 1.54) is 0 Å². The number of nitrogens with zero attached hydrogens (tertiary/aromatic N) is 4. The number of hydrogen-bond donors (Lipinski definition) is 0. The van der Waals surface area contributed by atoms with E-state index in [1.54, 1.807) is 12.4 Å². The quantitative estimate of drug-likeness (QED) is 0.274. The first-order valence-corrected chi connectivity index (χ1v) is 11.7. The van der Waals surface area contributed by atoms with Crippen molar-refractivity contribution < 1.29 is 0 Å². The third-order valence-corrected chi connectivity index (χ3v) is 6.72. The summed E-state index contributed by atoms with van der Waals surface area (Å²) in [6.45, 7) is 2.05. The van der Waals surface area contributed by atoms with Gasteiger partial charge in [0, 0.05) is 34.4 Å². The maximum Gasteiger partial charge on any atom is 0.0998 e. The molecule has 36 heavy (non-hydrogen) atoms. The third kappa shape index (κ3) is 3.33. The van der Waals surface area contributed by atoms with E-state index >= 15 is 0 Å². The molecule has 6 aromatic rings. The van der Waals surface area contributed by atoms with Crippen LogP contribution < -0.4 is 0 Å². The minimum atomic E-state index is 0.638. The number of hydrogen-bond acceptors (Lipinski definition) is 3. The monoisotopic (exact) mass is 460 g/mol. The van der Waals surface area contributed by atoms with Crippen molar-refractivity contribution in [2.24, 2.45) is 0 Å². The Labute approximate surface area is 208 Å². The van der Waals surface area contributed by atoms with Gasteiger partial charge < -0.3 is 4.57 Å². The van der Waals surface area contributed by atoms with Gasteiger partial charge in [-0.3, -0.25) is 4.98 Å². The first-order chi connectivity index (χ1) is 17.7. The van der Waals surface area contributed by atoms with Crippen LogP contribution >= 0.6 is 0 Å². The zero-order valence-corrected chi connectivity index (χ0v) is 19.6. The zero-order valence-electron chi connectivity index (χ0n) is 19.6. The standard InChI is InChI=1S/C32H20N4/c1-21-16-25(20-34)28(22-12-14-35-15-13-22)18-32(21)36-30-9-5-4-8-27(30)29-17-23(10-11-31(29)36)26-7-3-2-6-24(26)19-33/h2-18H,1H3. The van der Waals surface area contributed by atoms with Crippen molar-refractivity contribution in [3.05, 3.63) is 120 Å². The predicted molar refractivity (Wildman–Crippen MR) is 144 cm³/mol. The van der Waals surface area contributed by atoms with Gasteiger partial charge in [-0.15, -0.1) is 0 Å².